The van der Waals surface area contributed by atoms with Crippen molar-refractivity contribution < 1.29 is 9.53 Å². The highest BCUT2D eigenvalue weighted by Crippen LogP contribution is 2.23. The van der Waals surface area contributed by atoms with Crippen molar-refractivity contribution in [3.63, 3.8) is 0 Å². The Hall–Kier alpha value is -1.05. The van der Waals surface area contributed by atoms with Crippen LogP contribution >= 0.6 is 27.5 Å². The minimum absolute atomic E-state index is 0.171. The van der Waals surface area contributed by atoms with E-state index in [1.54, 1.807) is 19.1 Å². The summed E-state index contributed by atoms with van der Waals surface area (Å²) in [4.78, 5) is 11.4. The van der Waals surface area contributed by atoms with Gasteiger partial charge in [0.05, 0.1) is 24.7 Å². The Balaban J connectivity index is 3.01. The maximum atomic E-state index is 11.4. The second-order valence-electron chi connectivity index (χ2n) is 3.33. The van der Waals surface area contributed by atoms with Crippen molar-refractivity contribution in [3.05, 3.63) is 33.3 Å². The molecule has 17 heavy (non-hydrogen) atoms. The first kappa shape index (κ1) is 14.0. The lowest BCUT2D eigenvalue weighted by Crippen LogP contribution is -2.08. The highest BCUT2D eigenvalue weighted by Gasteiger charge is 2.11. The van der Waals surface area contributed by atoms with E-state index in [9.17, 15) is 4.79 Å². The van der Waals surface area contributed by atoms with E-state index < -0.39 is 0 Å². The molecule has 0 amide bonds. The molecule has 0 aliphatic rings. The van der Waals surface area contributed by atoms with E-state index in [1.165, 1.54) is 0 Å². The summed E-state index contributed by atoms with van der Waals surface area (Å²) in [5.41, 5.74) is 2.01. The minimum atomic E-state index is -0.293. The topological polar surface area (TPSA) is 50.1 Å². The largest absolute Gasteiger partial charge is 0.466 e. The Bertz CT molecular complexity index is 468. The van der Waals surface area contributed by atoms with Gasteiger partial charge in [0.2, 0.25) is 0 Å². The lowest BCUT2D eigenvalue weighted by Gasteiger charge is -2.08. The number of hydrogen-bond acceptors (Lipinski definition) is 3. The van der Waals surface area contributed by atoms with Crippen molar-refractivity contribution in [1.82, 2.24) is 0 Å². The molecule has 0 aromatic heterocycles. The van der Waals surface area contributed by atoms with Crippen LogP contribution in [-0.4, -0.2) is 12.6 Å². The van der Waals surface area contributed by atoms with E-state index in [1.807, 2.05) is 0 Å². The van der Waals surface area contributed by atoms with Gasteiger partial charge in [0, 0.05) is 10.4 Å². The van der Waals surface area contributed by atoms with Crippen LogP contribution in [0.5, 0.6) is 0 Å². The van der Waals surface area contributed by atoms with E-state index in [0.717, 1.165) is 15.6 Å². The molecule has 0 saturated carbocycles. The zero-order chi connectivity index (χ0) is 12.8. The first-order valence-electron chi connectivity index (χ1n) is 5.05. The fourth-order valence-corrected chi connectivity index (χ4v) is 2.09. The number of carbonyl (C=O) groups excluding carboxylic acids is 1. The Morgan fingerprint density at radius 1 is 1.53 bits per heavy atom. The van der Waals surface area contributed by atoms with Crippen molar-refractivity contribution >= 4 is 33.5 Å². The van der Waals surface area contributed by atoms with Gasteiger partial charge in [-0.3, -0.25) is 4.79 Å². The van der Waals surface area contributed by atoms with E-state index in [4.69, 9.17) is 21.6 Å². The molecule has 90 valence electrons. The fourth-order valence-electron chi connectivity index (χ4n) is 1.39. The van der Waals surface area contributed by atoms with Gasteiger partial charge in [-0.15, -0.1) is 11.6 Å². The van der Waals surface area contributed by atoms with Crippen molar-refractivity contribution in [1.29, 1.82) is 5.26 Å². The molecule has 1 aromatic rings. The first-order chi connectivity index (χ1) is 8.12. The summed E-state index contributed by atoms with van der Waals surface area (Å²) >= 11 is 9.08. The fraction of sp³-hybridized carbons (Fsp3) is 0.333. The lowest BCUT2D eigenvalue weighted by atomic mass is 10.0. The average Bonchev–Trinajstić information content (AvgIpc) is 2.31. The van der Waals surface area contributed by atoms with Gasteiger partial charge >= 0.3 is 5.97 Å². The minimum Gasteiger partial charge on any atom is -0.466 e. The van der Waals surface area contributed by atoms with Crippen LogP contribution in [0.1, 0.15) is 23.6 Å². The summed E-state index contributed by atoms with van der Waals surface area (Å²) in [5, 5.41) is 8.91. The van der Waals surface area contributed by atoms with Crippen LogP contribution in [0.25, 0.3) is 0 Å². The number of rotatable bonds is 4. The predicted molar refractivity (Wildman–Crippen MR) is 68.8 cm³/mol. The Morgan fingerprint density at radius 2 is 2.24 bits per heavy atom. The standard InChI is InChI=1S/C12H11BrClNO2/c1-2-17-12(16)5-8-3-9(6-14)10(7-15)4-11(8)13/h3-4H,2,5-6H2,1H3. The van der Waals surface area contributed by atoms with Gasteiger partial charge < -0.3 is 4.74 Å². The number of hydrogen-bond donors (Lipinski definition) is 0. The molecular weight excluding hydrogens is 305 g/mol. The number of benzene rings is 1. The third kappa shape index (κ3) is 3.72. The molecule has 0 spiro atoms. The molecule has 0 aliphatic heterocycles. The average molecular weight is 317 g/mol. The van der Waals surface area contributed by atoms with Crippen molar-refractivity contribution in [2.75, 3.05) is 6.61 Å². The number of esters is 1. The maximum Gasteiger partial charge on any atom is 0.310 e. The molecule has 0 N–H and O–H groups in total. The molecule has 0 fully saturated rings. The molecular formula is C12H11BrClNO2. The monoisotopic (exact) mass is 315 g/mol. The van der Waals surface area contributed by atoms with E-state index in [0.29, 0.717) is 12.2 Å². The van der Waals surface area contributed by atoms with Crippen LogP contribution in [-0.2, 0) is 21.8 Å². The van der Waals surface area contributed by atoms with Gasteiger partial charge in [-0.2, -0.15) is 5.26 Å². The maximum absolute atomic E-state index is 11.4. The van der Waals surface area contributed by atoms with E-state index in [-0.39, 0.29) is 18.3 Å². The molecule has 5 heteroatoms. The number of ether oxygens (including phenoxy) is 1. The highest BCUT2D eigenvalue weighted by molar-refractivity contribution is 9.10. The third-order valence-electron chi connectivity index (χ3n) is 2.18. The smallest absolute Gasteiger partial charge is 0.310 e. The number of alkyl halides is 1. The van der Waals surface area contributed by atoms with Gasteiger partial charge in [-0.25, -0.2) is 0 Å². The number of nitriles is 1. The van der Waals surface area contributed by atoms with Crippen LogP contribution in [0.2, 0.25) is 0 Å². The third-order valence-corrected chi connectivity index (χ3v) is 3.20. The molecule has 0 aliphatic carbocycles. The van der Waals surface area contributed by atoms with Gasteiger partial charge in [-0.05, 0) is 24.1 Å². The van der Waals surface area contributed by atoms with Crippen LogP contribution in [0.3, 0.4) is 0 Å². The summed E-state index contributed by atoms with van der Waals surface area (Å²) in [6.45, 7) is 2.12. The molecule has 1 rings (SSSR count). The summed E-state index contributed by atoms with van der Waals surface area (Å²) in [6.07, 6.45) is 0.171. The number of carbonyl (C=O) groups is 1. The number of nitrogens with zero attached hydrogens (tertiary/aromatic N) is 1. The van der Waals surface area contributed by atoms with Crippen molar-refractivity contribution in [3.8, 4) is 6.07 Å². The highest BCUT2D eigenvalue weighted by atomic mass is 79.9. The molecule has 1 aromatic carbocycles. The predicted octanol–water partition coefficient (Wildman–Crippen LogP) is 3.17. The Labute approximate surface area is 113 Å². The summed E-state index contributed by atoms with van der Waals surface area (Å²) in [7, 11) is 0. The number of halogens is 2. The van der Waals surface area contributed by atoms with Crippen molar-refractivity contribution in [2.45, 2.75) is 19.2 Å². The zero-order valence-electron chi connectivity index (χ0n) is 9.30. The quantitative estimate of drug-likeness (QED) is 0.633. The van der Waals surface area contributed by atoms with Crippen molar-refractivity contribution in [2.24, 2.45) is 0 Å². The zero-order valence-corrected chi connectivity index (χ0v) is 11.6. The normalized spacial score (nSPS) is 9.76. The molecule has 0 bridgehead atoms. The van der Waals surface area contributed by atoms with E-state index in [2.05, 4.69) is 22.0 Å². The first-order valence-corrected chi connectivity index (χ1v) is 6.38. The van der Waals surface area contributed by atoms with Crippen LogP contribution in [0.15, 0.2) is 16.6 Å². The second kappa shape index (κ2) is 6.63. The van der Waals surface area contributed by atoms with Crippen LogP contribution in [0.4, 0.5) is 0 Å². The SMILES string of the molecule is CCOC(=O)Cc1cc(CCl)c(C#N)cc1Br. The van der Waals surface area contributed by atoms with Gasteiger partial charge in [0.1, 0.15) is 0 Å². The lowest BCUT2D eigenvalue weighted by molar-refractivity contribution is -0.142. The molecule has 0 heterocycles. The molecule has 3 nitrogen and oxygen atoms in total. The second-order valence-corrected chi connectivity index (χ2v) is 4.45. The molecule has 0 saturated heterocycles. The summed E-state index contributed by atoms with van der Waals surface area (Å²) < 4.78 is 5.59. The van der Waals surface area contributed by atoms with E-state index >= 15 is 0 Å². The summed E-state index contributed by atoms with van der Waals surface area (Å²) in [6, 6.07) is 5.49. The van der Waals surface area contributed by atoms with Gasteiger partial charge in [-0.1, -0.05) is 22.0 Å². The van der Waals surface area contributed by atoms with Gasteiger partial charge in [0.25, 0.3) is 0 Å². The Kier molecular flexibility index (Phi) is 5.46. The van der Waals surface area contributed by atoms with Crippen LogP contribution in [0, 0.1) is 11.3 Å². The molecule has 0 unspecified atom stereocenters. The Morgan fingerprint density at radius 3 is 2.76 bits per heavy atom. The summed E-state index contributed by atoms with van der Waals surface area (Å²) in [5.74, 6) is -0.0511. The van der Waals surface area contributed by atoms with Crippen LogP contribution < -0.4 is 0 Å². The van der Waals surface area contributed by atoms with Gasteiger partial charge in [0.15, 0.2) is 0 Å². The molecule has 0 radical (unpaired) electrons. The molecule has 0 atom stereocenters.